The van der Waals surface area contributed by atoms with Crippen molar-refractivity contribution < 1.29 is 9.90 Å². The Balaban J connectivity index is 1.73. The molecule has 108 valence electrons. The van der Waals surface area contributed by atoms with Gasteiger partial charge in [0, 0.05) is 12.7 Å². The maximum atomic E-state index is 10.9. The summed E-state index contributed by atoms with van der Waals surface area (Å²) in [5.74, 6) is -0.887. The van der Waals surface area contributed by atoms with Gasteiger partial charge in [-0.3, -0.25) is 4.90 Å². The summed E-state index contributed by atoms with van der Waals surface area (Å²) < 4.78 is 0. The van der Waals surface area contributed by atoms with Crippen molar-refractivity contribution in [2.75, 3.05) is 6.54 Å². The van der Waals surface area contributed by atoms with Gasteiger partial charge >= 0.3 is 5.97 Å². The fourth-order valence-electron chi connectivity index (χ4n) is 2.84. The van der Waals surface area contributed by atoms with E-state index in [4.69, 9.17) is 5.11 Å². The third-order valence-corrected chi connectivity index (χ3v) is 3.90. The SMILES string of the molecule is O=C(O)c1ccc(CN2CCC[C@@H]2c2ccncn2)cc1. The van der Waals surface area contributed by atoms with Crippen LogP contribution >= 0.6 is 0 Å². The van der Waals surface area contributed by atoms with Gasteiger partial charge in [-0.05, 0) is 43.1 Å². The normalized spacial score (nSPS) is 18.8. The van der Waals surface area contributed by atoms with E-state index in [0.29, 0.717) is 11.6 Å². The van der Waals surface area contributed by atoms with Crippen molar-refractivity contribution in [1.82, 2.24) is 14.9 Å². The highest BCUT2D eigenvalue weighted by atomic mass is 16.4. The van der Waals surface area contributed by atoms with E-state index >= 15 is 0 Å². The first-order valence-corrected chi connectivity index (χ1v) is 7.06. The number of hydrogen-bond donors (Lipinski definition) is 1. The highest BCUT2D eigenvalue weighted by Gasteiger charge is 2.26. The molecule has 0 unspecified atom stereocenters. The number of aromatic carboxylic acids is 1. The molecule has 1 aromatic heterocycles. The van der Waals surface area contributed by atoms with E-state index in [0.717, 1.165) is 37.2 Å². The third kappa shape index (κ3) is 3.08. The van der Waals surface area contributed by atoms with Crippen molar-refractivity contribution in [2.45, 2.75) is 25.4 Å². The van der Waals surface area contributed by atoms with Gasteiger partial charge in [0.1, 0.15) is 6.33 Å². The maximum absolute atomic E-state index is 10.9. The average molecular weight is 283 g/mol. The van der Waals surface area contributed by atoms with Crippen LogP contribution in [-0.4, -0.2) is 32.5 Å². The minimum Gasteiger partial charge on any atom is -0.478 e. The van der Waals surface area contributed by atoms with Gasteiger partial charge in [0.25, 0.3) is 0 Å². The fraction of sp³-hybridized carbons (Fsp3) is 0.312. The Morgan fingerprint density at radius 3 is 2.76 bits per heavy atom. The summed E-state index contributed by atoms with van der Waals surface area (Å²) in [6, 6.07) is 9.39. The lowest BCUT2D eigenvalue weighted by Gasteiger charge is -2.23. The number of rotatable bonds is 4. The number of carbonyl (C=O) groups is 1. The van der Waals surface area contributed by atoms with Crippen molar-refractivity contribution in [3.8, 4) is 0 Å². The third-order valence-electron chi connectivity index (χ3n) is 3.90. The Morgan fingerprint density at radius 2 is 2.10 bits per heavy atom. The summed E-state index contributed by atoms with van der Waals surface area (Å²) in [6.45, 7) is 1.85. The molecule has 1 aliphatic heterocycles. The molecule has 21 heavy (non-hydrogen) atoms. The van der Waals surface area contributed by atoms with Crippen molar-refractivity contribution in [1.29, 1.82) is 0 Å². The molecule has 0 saturated carbocycles. The number of likely N-dealkylation sites (tertiary alicyclic amines) is 1. The van der Waals surface area contributed by atoms with Crippen LogP contribution in [-0.2, 0) is 6.54 Å². The minimum atomic E-state index is -0.887. The molecule has 5 heteroatoms. The first-order valence-electron chi connectivity index (χ1n) is 7.06. The summed E-state index contributed by atoms with van der Waals surface area (Å²) in [5.41, 5.74) is 2.51. The molecule has 0 amide bonds. The molecule has 1 aromatic carbocycles. The predicted molar refractivity (Wildman–Crippen MR) is 77.8 cm³/mol. The van der Waals surface area contributed by atoms with Gasteiger partial charge in [-0.25, -0.2) is 14.8 Å². The second kappa shape index (κ2) is 6.01. The summed E-state index contributed by atoms with van der Waals surface area (Å²) in [4.78, 5) is 21.6. The predicted octanol–water partition coefficient (Wildman–Crippen LogP) is 2.51. The minimum absolute atomic E-state index is 0.326. The Hall–Kier alpha value is -2.27. The lowest BCUT2D eigenvalue weighted by Crippen LogP contribution is -2.23. The first kappa shape index (κ1) is 13.7. The van der Waals surface area contributed by atoms with Crippen molar-refractivity contribution in [3.05, 3.63) is 59.7 Å². The van der Waals surface area contributed by atoms with Gasteiger partial charge in [0.05, 0.1) is 17.3 Å². The standard InChI is InChI=1S/C16H17N3O2/c20-16(21)13-5-3-12(4-6-13)10-19-9-1-2-15(19)14-7-8-17-11-18-14/h3-8,11,15H,1-2,9-10H2,(H,20,21)/t15-/m1/s1. The van der Waals surface area contributed by atoms with Crippen LogP contribution in [0.1, 0.15) is 40.5 Å². The molecule has 1 atom stereocenters. The van der Waals surface area contributed by atoms with E-state index in [9.17, 15) is 4.79 Å². The Morgan fingerprint density at radius 1 is 1.29 bits per heavy atom. The quantitative estimate of drug-likeness (QED) is 0.934. The zero-order chi connectivity index (χ0) is 14.7. The molecule has 5 nitrogen and oxygen atoms in total. The Kier molecular flexibility index (Phi) is 3.92. The molecule has 3 rings (SSSR count). The van der Waals surface area contributed by atoms with Crippen LogP contribution < -0.4 is 0 Å². The van der Waals surface area contributed by atoms with Crippen molar-refractivity contribution in [3.63, 3.8) is 0 Å². The molecule has 2 aromatic rings. The van der Waals surface area contributed by atoms with E-state index in [2.05, 4.69) is 14.9 Å². The molecule has 0 aliphatic carbocycles. The molecule has 0 radical (unpaired) electrons. The molecule has 1 saturated heterocycles. The molecule has 2 heterocycles. The first-order chi connectivity index (χ1) is 10.2. The number of nitrogens with zero attached hydrogens (tertiary/aromatic N) is 3. The summed E-state index contributed by atoms with van der Waals surface area (Å²) in [6.07, 6.45) is 5.63. The Bertz CT molecular complexity index is 613. The van der Waals surface area contributed by atoms with Gasteiger partial charge in [-0.15, -0.1) is 0 Å². The van der Waals surface area contributed by atoms with Gasteiger partial charge in [-0.2, -0.15) is 0 Å². The van der Waals surface area contributed by atoms with Crippen LogP contribution in [0.25, 0.3) is 0 Å². The van der Waals surface area contributed by atoms with Crippen LogP contribution in [0.3, 0.4) is 0 Å². The van der Waals surface area contributed by atoms with Gasteiger partial charge in [0.2, 0.25) is 0 Å². The van der Waals surface area contributed by atoms with Gasteiger partial charge in [0.15, 0.2) is 0 Å². The van der Waals surface area contributed by atoms with Crippen LogP contribution in [0.4, 0.5) is 0 Å². The van der Waals surface area contributed by atoms with Gasteiger partial charge in [-0.1, -0.05) is 12.1 Å². The summed E-state index contributed by atoms with van der Waals surface area (Å²) in [7, 11) is 0. The molecular formula is C16H17N3O2. The number of benzene rings is 1. The van der Waals surface area contributed by atoms with Crippen molar-refractivity contribution >= 4 is 5.97 Å². The lowest BCUT2D eigenvalue weighted by atomic mass is 10.1. The number of aromatic nitrogens is 2. The maximum Gasteiger partial charge on any atom is 0.335 e. The van der Waals surface area contributed by atoms with Crippen molar-refractivity contribution in [2.24, 2.45) is 0 Å². The molecule has 0 spiro atoms. The van der Waals surface area contributed by atoms with Crippen LogP contribution in [0.15, 0.2) is 42.9 Å². The number of carboxylic acid groups (broad SMARTS) is 1. The zero-order valence-electron chi connectivity index (χ0n) is 11.6. The van der Waals surface area contributed by atoms with E-state index in [1.165, 1.54) is 0 Å². The average Bonchev–Trinajstić information content (AvgIpc) is 2.97. The largest absolute Gasteiger partial charge is 0.478 e. The fourth-order valence-corrected chi connectivity index (χ4v) is 2.84. The number of carboxylic acids is 1. The highest BCUT2D eigenvalue weighted by Crippen LogP contribution is 2.31. The molecule has 1 fully saturated rings. The summed E-state index contributed by atoms with van der Waals surface area (Å²) >= 11 is 0. The van der Waals surface area contributed by atoms with Crippen LogP contribution in [0.5, 0.6) is 0 Å². The molecular weight excluding hydrogens is 266 g/mol. The topological polar surface area (TPSA) is 66.3 Å². The monoisotopic (exact) mass is 283 g/mol. The van der Waals surface area contributed by atoms with E-state index in [1.807, 2.05) is 18.2 Å². The Labute approximate surface area is 123 Å². The van der Waals surface area contributed by atoms with E-state index in [-0.39, 0.29) is 0 Å². The summed E-state index contributed by atoms with van der Waals surface area (Å²) in [5, 5.41) is 8.93. The molecule has 0 bridgehead atoms. The number of hydrogen-bond acceptors (Lipinski definition) is 4. The smallest absolute Gasteiger partial charge is 0.335 e. The second-order valence-corrected chi connectivity index (χ2v) is 5.26. The lowest BCUT2D eigenvalue weighted by molar-refractivity contribution is 0.0697. The van der Waals surface area contributed by atoms with E-state index < -0.39 is 5.97 Å². The highest BCUT2D eigenvalue weighted by molar-refractivity contribution is 5.87. The second-order valence-electron chi connectivity index (χ2n) is 5.26. The van der Waals surface area contributed by atoms with Crippen LogP contribution in [0, 0.1) is 0 Å². The molecule has 1 N–H and O–H groups in total. The van der Waals surface area contributed by atoms with E-state index in [1.54, 1.807) is 24.7 Å². The molecule has 1 aliphatic rings. The van der Waals surface area contributed by atoms with Gasteiger partial charge < -0.3 is 5.11 Å². The zero-order valence-corrected chi connectivity index (χ0v) is 11.6. The van der Waals surface area contributed by atoms with Crippen LogP contribution in [0.2, 0.25) is 0 Å².